The number of sulfone groups is 1. The van der Waals surface area contributed by atoms with Crippen molar-refractivity contribution >= 4 is 31.2 Å². The van der Waals surface area contributed by atoms with Crippen LogP contribution in [0.15, 0.2) is 81.9 Å². The van der Waals surface area contributed by atoms with Gasteiger partial charge in [-0.1, -0.05) is 36.4 Å². The molecule has 0 aliphatic rings. The summed E-state index contributed by atoms with van der Waals surface area (Å²) in [4.78, 5) is 1.29. The first-order chi connectivity index (χ1) is 13.7. The van der Waals surface area contributed by atoms with E-state index in [0.717, 1.165) is 16.7 Å². The van der Waals surface area contributed by atoms with Crippen LogP contribution in [-0.2, 0) is 32.8 Å². The number of sulfonamides is 1. The fraction of sp³-hybridized carbons (Fsp3) is 0.238. The van der Waals surface area contributed by atoms with Gasteiger partial charge < -0.3 is 0 Å². The van der Waals surface area contributed by atoms with Crippen molar-refractivity contribution in [1.82, 2.24) is 4.31 Å². The molecule has 0 bridgehead atoms. The lowest BCUT2D eigenvalue weighted by Gasteiger charge is -2.28. The van der Waals surface area contributed by atoms with Crippen molar-refractivity contribution in [2.45, 2.75) is 35.7 Å². The predicted molar refractivity (Wildman–Crippen MR) is 116 cm³/mol. The molecule has 154 valence electrons. The zero-order valence-electron chi connectivity index (χ0n) is 16.2. The summed E-state index contributed by atoms with van der Waals surface area (Å²) < 4.78 is 51.8. The van der Waals surface area contributed by atoms with E-state index in [4.69, 9.17) is 0 Å². The molecule has 0 radical (unpaired) electrons. The Labute approximate surface area is 176 Å². The highest BCUT2D eigenvalue weighted by Crippen LogP contribution is 2.25. The Balaban J connectivity index is 1.96. The molecule has 1 aromatic heterocycles. The molecule has 0 aliphatic heterocycles. The molecule has 2 aromatic carbocycles. The fourth-order valence-corrected chi connectivity index (χ4v) is 6.13. The minimum Gasteiger partial charge on any atom is -0.224 e. The molecule has 1 heterocycles. The van der Waals surface area contributed by atoms with Crippen LogP contribution in [0.1, 0.15) is 17.4 Å². The van der Waals surface area contributed by atoms with E-state index in [1.807, 2.05) is 54.8 Å². The van der Waals surface area contributed by atoms with Crippen molar-refractivity contribution in [3.63, 3.8) is 0 Å². The number of benzene rings is 2. The zero-order valence-corrected chi connectivity index (χ0v) is 18.7. The molecular weight excluding hydrogens is 426 g/mol. The van der Waals surface area contributed by atoms with Crippen molar-refractivity contribution in [3.05, 3.63) is 82.6 Å². The molecule has 1 unspecified atom stereocenters. The number of hydrogen-bond donors (Lipinski definition) is 0. The third kappa shape index (κ3) is 5.33. The van der Waals surface area contributed by atoms with E-state index in [-0.39, 0.29) is 22.4 Å². The first kappa shape index (κ1) is 21.7. The van der Waals surface area contributed by atoms with E-state index in [0.29, 0.717) is 6.42 Å². The van der Waals surface area contributed by atoms with E-state index in [9.17, 15) is 16.8 Å². The normalized spacial score (nSPS) is 13.5. The second-order valence-corrected chi connectivity index (χ2v) is 11.9. The first-order valence-electron chi connectivity index (χ1n) is 9.06. The molecule has 3 rings (SSSR count). The van der Waals surface area contributed by atoms with Gasteiger partial charge in [0.05, 0.1) is 9.79 Å². The lowest BCUT2D eigenvalue weighted by atomic mass is 10.1. The Kier molecular flexibility index (Phi) is 6.58. The molecule has 29 heavy (non-hydrogen) atoms. The molecule has 0 N–H and O–H groups in total. The zero-order chi connectivity index (χ0) is 21.1. The van der Waals surface area contributed by atoms with Gasteiger partial charge in [0.15, 0.2) is 9.84 Å². The van der Waals surface area contributed by atoms with Gasteiger partial charge in [-0.2, -0.15) is 4.31 Å². The molecule has 0 fully saturated rings. The standard InChI is InChI=1S/C21H23NO4S3/c1-17(15-19-9-6-14-27-19)22(16-18-7-4-3-5-8-18)29(25,26)21-12-10-20(11-13-21)28(2,23)24/h3-14,17H,15-16H2,1-2H3. The highest BCUT2D eigenvalue weighted by molar-refractivity contribution is 7.90. The van der Waals surface area contributed by atoms with Crippen LogP contribution in [0.2, 0.25) is 0 Å². The Morgan fingerprint density at radius 3 is 2.03 bits per heavy atom. The van der Waals surface area contributed by atoms with Crippen LogP contribution in [0, 0.1) is 0 Å². The van der Waals surface area contributed by atoms with Crippen LogP contribution < -0.4 is 0 Å². The molecule has 0 spiro atoms. The lowest BCUT2D eigenvalue weighted by Crippen LogP contribution is -2.39. The van der Waals surface area contributed by atoms with Crippen LogP contribution >= 0.6 is 11.3 Å². The Morgan fingerprint density at radius 1 is 0.862 bits per heavy atom. The van der Waals surface area contributed by atoms with Gasteiger partial charge in [-0.15, -0.1) is 11.3 Å². The topological polar surface area (TPSA) is 71.5 Å². The van der Waals surface area contributed by atoms with Gasteiger partial charge in [-0.05, 0) is 54.6 Å². The summed E-state index contributed by atoms with van der Waals surface area (Å²) in [5, 5.41) is 1.97. The largest absolute Gasteiger partial charge is 0.243 e. The van der Waals surface area contributed by atoms with Crippen molar-refractivity contribution in [2.75, 3.05) is 6.26 Å². The van der Waals surface area contributed by atoms with E-state index in [2.05, 4.69) is 0 Å². The summed E-state index contributed by atoms with van der Waals surface area (Å²) in [6, 6.07) is 18.5. The van der Waals surface area contributed by atoms with Crippen molar-refractivity contribution in [1.29, 1.82) is 0 Å². The highest BCUT2D eigenvalue weighted by Gasteiger charge is 2.30. The van der Waals surface area contributed by atoms with Gasteiger partial charge in [0.1, 0.15) is 0 Å². The van der Waals surface area contributed by atoms with Crippen LogP contribution in [0.5, 0.6) is 0 Å². The lowest BCUT2D eigenvalue weighted by molar-refractivity contribution is 0.329. The maximum absolute atomic E-state index is 13.4. The third-order valence-corrected chi connectivity index (χ3v) is 8.61. The minimum atomic E-state index is -3.82. The number of hydrogen-bond acceptors (Lipinski definition) is 5. The summed E-state index contributed by atoms with van der Waals surface area (Å²) in [6.45, 7) is 2.13. The maximum Gasteiger partial charge on any atom is 0.243 e. The minimum absolute atomic E-state index is 0.0823. The van der Waals surface area contributed by atoms with E-state index < -0.39 is 19.9 Å². The van der Waals surface area contributed by atoms with Crippen LogP contribution in [-0.4, -0.2) is 33.4 Å². The smallest absolute Gasteiger partial charge is 0.224 e. The van der Waals surface area contributed by atoms with Crippen molar-refractivity contribution < 1.29 is 16.8 Å². The molecule has 8 heteroatoms. The average molecular weight is 450 g/mol. The summed E-state index contributed by atoms with van der Waals surface area (Å²) in [5.41, 5.74) is 0.891. The predicted octanol–water partition coefficient (Wildman–Crippen LogP) is 3.97. The molecule has 3 aromatic rings. The maximum atomic E-state index is 13.4. The number of rotatable bonds is 8. The van der Waals surface area contributed by atoms with Crippen LogP contribution in [0.25, 0.3) is 0 Å². The fourth-order valence-electron chi connectivity index (χ4n) is 3.06. The summed E-state index contributed by atoms with van der Waals surface area (Å²) in [7, 11) is -7.21. The molecule has 0 aliphatic carbocycles. The van der Waals surface area contributed by atoms with Crippen LogP contribution in [0.3, 0.4) is 0 Å². The first-order valence-corrected chi connectivity index (χ1v) is 13.3. The monoisotopic (exact) mass is 449 g/mol. The summed E-state index contributed by atoms with van der Waals surface area (Å²) in [6.07, 6.45) is 1.70. The molecule has 5 nitrogen and oxygen atoms in total. The Hall–Kier alpha value is -2.00. The van der Waals surface area contributed by atoms with Crippen molar-refractivity contribution in [2.24, 2.45) is 0 Å². The van der Waals surface area contributed by atoms with Gasteiger partial charge in [0, 0.05) is 23.7 Å². The van der Waals surface area contributed by atoms with E-state index >= 15 is 0 Å². The molecular formula is C21H23NO4S3. The SMILES string of the molecule is CC(Cc1cccs1)N(Cc1ccccc1)S(=O)(=O)c1ccc(S(C)(=O)=O)cc1. The van der Waals surface area contributed by atoms with Gasteiger partial charge >= 0.3 is 0 Å². The number of thiophene rings is 1. The summed E-state index contributed by atoms with van der Waals surface area (Å²) >= 11 is 1.60. The van der Waals surface area contributed by atoms with Gasteiger partial charge in [0.2, 0.25) is 10.0 Å². The molecule has 0 saturated heterocycles. The van der Waals surface area contributed by atoms with Gasteiger partial charge in [-0.25, -0.2) is 16.8 Å². The summed E-state index contributed by atoms with van der Waals surface area (Å²) in [5.74, 6) is 0. The van der Waals surface area contributed by atoms with Gasteiger partial charge in [-0.3, -0.25) is 0 Å². The second kappa shape index (κ2) is 8.79. The Morgan fingerprint density at radius 2 is 1.48 bits per heavy atom. The van der Waals surface area contributed by atoms with E-state index in [1.54, 1.807) is 11.3 Å². The Bertz CT molecular complexity index is 1140. The van der Waals surface area contributed by atoms with Crippen molar-refractivity contribution in [3.8, 4) is 0 Å². The van der Waals surface area contributed by atoms with E-state index in [1.165, 1.54) is 28.6 Å². The molecule has 0 saturated carbocycles. The third-order valence-electron chi connectivity index (χ3n) is 4.61. The second-order valence-electron chi connectivity index (χ2n) is 6.91. The quantitative estimate of drug-likeness (QED) is 0.522. The van der Waals surface area contributed by atoms with Gasteiger partial charge in [0.25, 0.3) is 0 Å². The molecule has 0 amide bonds. The van der Waals surface area contributed by atoms with Crippen LogP contribution in [0.4, 0.5) is 0 Å². The average Bonchev–Trinajstić information content (AvgIpc) is 3.19. The highest BCUT2D eigenvalue weighted by atomic mass is 32.2. The number of nitrogens with zero attached hydrogens (tertiary/aromatic N) is 1. The molecule has 1 atom stereocenters.